The van der Waals surface area contributed by atoms with Gasteiger partial charge in [-0.05, 0) is 24.7 Å². The summed E-state index contributed by atoms with van der Waals surface area (Å²) in [6.45, 7) is 1.31. The topological polar surface area (TPSA) is 87.0 Å². The lowest BCUT2D eigenvalue weighted by molar-refractivity contribution is -0.313. The number of allylic oxidation sites excluding steroid dienone is 2. The Labute approximate surface area is 122 Å². The van der Waals surface area contributed by atoms with Crippen molar-refractivity contribution < 1.29 is 14.7 Å². The van der Waals surface area contributed by atoms with E-state index in [2.05, 4.69) is 10.3 Å². The Kier molecular flexibility index (Phi) is 3.77. The van der Waals surface area contributed by atoms with E-state index in [1.165, 1.54) is 0 Å². The van der Waals surface area contributed by atoms with Crippen LogP contribution in [-0.4, -0.2) is 28.0 Å². The van der Waals surface area contributed by atoms with E-state index < -0.39 is 17.8 Å². The summed E-state index contributed by atoms with van der Waals surface area (Å²) in [4.78, 5) is 27.5. The number of imidazole rings is 1. The SMILES string of the molecule is O=C([O-])[C@@H]1[C@H](C(=O)NCCCn2ccnc2)[C@@H]2C=C[C@H]1C2. The van der Waals surface area contributed by atoms with E-state index in [0.717, 1.165) is 19.4 Å². The number of nitrogens with one attached hydrogen (secondary N) is 1. The van der Waals surface area contributed by atoms with E-state index in [1.54, 1.807) is 12.5 Å². The third kappa shape index (κ3) is 2.70. The minimum Gasteiger partial charge on any atom is -0.550 e. The van der Waals surface area contributed by atoms with Crippen LogP contribution in [0.5, 0.6) is 0 Å². The van der Waals surface area contributed by atoms with Crippen LogP contribution < -0.4 is 10.4 Å². The van der Waals surface area contributed by atoms with Crippen molar-refractivity contribution in [3.8, 4) is 0 Å². The Balaban J connectivity index is 1.51. The fraction of sp³-hybridized carbons (Fsp3) is 0.533. The second kappa shape index (κ2) is 5.71. The molecule has 0 unspecified atom stereocenters. The monoisotopic (exact) mass is 288 g/mol. The van der Waals surface area contributed by atoms with Gasteiger partial charge in [-0.1, -0.05) is 12.2 Å². The molecular weight excluding hydrogens is 270 g/mol. The van der Waals surface area contributed by atoms with Crippen LogP contribution in [0, 0.1) is 23.7 Å². The molecule has 1 amide bonds. The van der Waals surface area contributed by atoms with Gasteiger partial charge in [-0.25, -0.2) is 4.98 Å². The van der Waals surface area contributed by atoms with E-state index in [-0.39, 0.29) is 17.7 Å². The summed E-state index contributed by atoms with van der Waals surface area (Å²) in [5.41, 5.74) is 0. The molecular formula is C15H18N3O3-. The Bertz CT molecular complexity index is 553. The number of hydrogen-bond donors (Lipinski definition) is 1. The highest BCUT2D eigenvalue weighted by Gasteiger charge is 2.48. The molecule has 4 atom stereocenters. The van der Waals surface area contributed by atoms with E-state index in [4.69, 9.17) is 0 Å². The molecule has 0 aromatic carbocycles. The number of aromatic nitrogens is 2. The maximum absolute atomic E-state index is 12.3. The number of aryl methyl sites for hydroxylation is 1. The highest BCUT2D eigenvalue weighted by atomic mass is 16.4. The molecule has 1 heterocycles. The van der Waals surface area contributed by atoms with Crippen LogP contribution in [-0.2, 0) is 16.1 Å². The number of fused-ring (bicyclic) bond motifs is 2. The average Bonchev–Trinajstić information content (AvgIpc) is 3.18. The maximum Gasteiger partial charge on any atom is 0.224 e. The van der Waals surface area contributed by atoms with Crippen LogP contribution in [0.15, 0.2) is 30.9 Å². The summed E-state index contributed by atoms with van der Waals surface area (Å²) in [5, 5.41) is 14.1. The van der Waals surface area contributed by atoms with Gasteiger partial charge in [0.2, 0.25) is 5.91 Å². The van der Waals surface area contributed by atoms with Crippen molar-refractivity contribution in [2.24, 2.45) is 23.7 Å². The van der Waals surface area contributed by atoms with Crippen molar-refractivity contribution in [1.29, 1.82) is 0 Å². The van der Waals surface area contributed by atoms with Crippen molar-refractivity contribution >= 4 is 11.9 Å². The van der Waals surface area contributed by atoms with Gasteiger partial charge in [0.15, 0.2) is 0 Å². The van der Waals surface area contributed by atoms with Crippen molar-refractivity contribution in [2.75, 3.05) is 6.54 Å². The molecule has 3 rings (SSSR count). The lowest BCUT2D eigenvalue weighted by Crippen LogP contribution is -2.45. The summed E-state index contributed by atoms with van der Waals surface area (Å²) in [6.07, 6.45) is 10.7. The van der Waals surface area contributed by atoms with E-state index in [0.29, 0.717) is 6.54 Å². The highest BCUT2D eigenvalue weighted by molar-refractivity contribution is 5.86. The maximum atomic E-state index is 12.3. The van der Waals surface area contributed by atoms with Crippen LogP contribution >= 0.6 is 0 Å². The molecule has 0 aliphatic heterocycles. The first-order valence-electron chi connectivity index (χ1n) is 7.29. The number of nitrogens with zero attached hydrogens (tertiary/aromatic N) is 2. The van der Waals surface area contributed by atoms with Crippen molar-refractivity contribution in [3.05, 3.63) is 30.9 Å². The molecule has 1 aromatic rings. The minimum atomic E-state index is -1.11. The van der Waals surface area contributed by atoms with Crippen LogP contribution in [0.1, 0.15) is 12.8 Å². The van der Waals surface area contributed by atoms with Crippen molar-refractivity contribution in [3.63, 3.8) is 0 Å². The Morgan fingerprint density at radius 1 is 1.29 bits per heavy atom. The largest absolute Gasteiger partial charge is 0.550 e. The number of carbonyl (C=O) groups excluding carboxylic acids is 2. The molecule has 2 aliphatic rings. The van der Waals surface area contributed by atoms with Gasteiger partial charge in [0, 0.05) is 37.4 Å². The zero-order valence-corrected chi connectivity index (χ0v) is 11.6. The number of hydrogen-bond acceptors (Lipinski definition) is 4. The number of aliphatic carboxylic acids is 1. The van der Waals surface area contributed by atoms with Crippen LogP contribution in [0.3, 0.4) is 0 Å². The molecule has 112 valence electrons. The lowest BCUT2D eigenvalue weighted by Gasteiger charge is -2.27. The first-order valence-corrected chi connectivity index (χ1v) is 7.29. The number of rotatable bonds is 6. The summed E-state index contributed by atoms with van der Waals surface area (Å²) in [5.74, 6) is -2.41. The van der Waals surface area contributed by atoms with Gasteiger partial charge in [-0.3, -0.25) is 4.79 Å². The zero-order chi connectivity index (χ0) is 14.8. The summed E-state index contributed by atoms with van der Waals surface area (Å²) >= 11 is 0. The first kappa shape index (κ1) is 13.9. The van der Waals surface area contributed by atoms with Crippen LogP contribution in [0.2, 0.25) is 0 Å². The van der Waals surface area contributed by atoms with E-state index in [1.807, 2.05) is 22.9 Å². The van der Waals surface area contributed by atoms with Gasteiger partial charge in [-0.2, -0.15) is 0 Å². The van der Waals surface area contributed by atoms with Gasteiger partial charge in [0.1, 0.15) is 0 Å². The van der Waals surface area contributed by atoms with Crippen molar-refractivity contribution in [2.45, 2.75) is 19.4 Å². The zero-order valence-electron chi connectivity index (χ0n) is 11.6. The minimum absolute atomic E-state index is 0.0401. The Hall–Kier alpha value is -2.11. The summed E-state index contributed by atoms with van der Waals surface area (Å²) in [7, 11) is 0. The quantitative estimate of drug-likeness (QED) is 0.569. The molecule has 1 N–H and O–H groups in total. The third-order valence-electron chi connectivity index (χ3n) is 4.49. The molecule has 1 saturated carbocycles. The van der Waals surface area contributed by atoms with E-state index >= 15 is 0 Å². The van der Waals surface area contributed by atoms with Crippen LogP contribution in [0.25, 0.3) is 0 Å². The lowest BCUT2D eigenvalue weighted by atomic mass is 9.82. The van der Waals surface area contributed by atoms with Gasteiger partial charge in [0.25, 0.3) is 0 Å². The second-order valence-corrected chi connectivity index (χ2v) is 5.76. The highest BCUT2D eigenvalue weighted by Crippen LogP contribution is 2.47. The summed E-state index contributed by atoms with van der Waals surface area (Å²) < 4.78 is 1.94. The van der Waals surface area contributed by atoms with Gasteiger partial charge in [0.05, 0.1) is 12.2 Å². The predicted molar refractivity (Wildman–Crippen MR) is 72.6 cm³/mol. The molecule has 2 aliphatic carbocycles. The first-order chi connectivity index (χ1) is 10.2. The predicted octanol–water partition coefficient (Wildman–Crippen LogP) is -0.422. The molecule has 0 saturated heterocycles. The molecule has 1 fully saturated rings. The molecule has 1 aromatic heterocycles. The average molecular weight is 288 g/mol. The van der Waals surface area contributed by atoms with Crippen LogP contribution in [0.4, 0.5) is 0 Å². The second-order valence-electron chi connectivity index (χ2n) is 5.76. The number of carboxylic acids is 1. The fourth-order valence-electron chi connectivity index (χ4n) is 3.51. The number of amides is 1. The van der Waals surface area contributed by atoms with Gasteiger partial charge >= 0.3 is 0 Å². The third-order valence-corrected chi connectivity index (χ3v) is 4.49. The fourth-order valence-corrected chi connectivity index (χ4v) is 3.51. The Morgan fingerprint density at radius 2 is 2.05 bits per heavy atom. The molecule has 21 heavy (non-hydrogen) atoms. The normalized spacial score (nSPS) is 29.7. The van der Waals surface area contributed by atoms with E-state index in [9.17, 15) is 14.7 Å². The van der Waals surface area contributed by atoms with Gasteiger partial charge in [-0.15, -0.1) is 0 Å². The number of carbonyl (C=O) groups is 2. The molecule has 6 nitrogen and oxygen atoms in total. The number of carboxylic acid groups (broad SMARTS) is 1. The van der Waals surface area contributed by atoms with Gasteiger partial charge < -0.3 is 19.8 Å². The summed E-state index contributed by atoms with van der Waals surface area (Å²) in [6, 6.07) is 0. The Morgan fingerprint density at radius 3 is 2.71 bits per heavy atom. The molecule has 0 radical (unpaired) electrons. The molecule has 0 spiro atoms. The molecule has 6 heteroatoms. The standard InChI is InChI=1S/C15H19N3O3/c19-14(17-4-1-6-18-7-5-16-9-18)12-10-2-3-11(8-10)13(12)15(20)21/h2-3,5,7,9-13H,1,4,6,8H2,(H,17,19)(H,20,21)/p-1/t10-,11+,12-,13+/m1/s1. The smallest absolute Gasteiger partial charge is 0.224 e. The molecule has 2 bridgehead atoms. The van der Waals surface area contributed by atoms with Crippen molar-refractivity contribution in [1.82, 2.24) is 14.9 Å².